The molecule has 1 heterocycles. The number of alkyl halides is 1. The van der Waals surface area contributed by atoms with Crippen molar-refractivity contribution in [2.45, 2.75) is 45.4 Å². The molecule has 0 amide bonds. The maximum Gasteiger partial charge on any atom is 0.119 e. The maximum absolute atomic E-state index is 10.2. The summed E-state index contributed by atoms with van der Waals surface area (Å²) in [6.07, 6.45) is 0.692. The van der Waals surface area contributed by atoms with Crippen molar-refractivity contribution in [2.75, 3.05) is 19.1 Å². The first-order valence-corrected chi connectivity index (χ1v) is 11.6. The van der Waals surface area contributed by atoms with Gasteiger partial charge < -0.3 is 19.7 Å². The third kappa shape index (κ3) is 6.69. The Bertz CT molecular complexity index is 990. The lowest BCUT2D eigenvalue weighted by Crippen LogP contribution is -2.25. The van der Waals surface area contributed by atoms with Crippen LogP contribution in [-0.2, 0) is 18.6 Å². The number of aromatic nitrogens is 3. The zero-order chi connectivity index (χ0) is 23.8. The number of rotatable bonds is 12. The van der Waals surface area contributed by atoms with Crippen molar-refractivity contribution in [1.29, 1.82) is 0 Å². The molecule has 0 saturated carbocycles. The van der Waals surface area contributed by atoms with Gasteiger partial charge >= 0.3 is 0 Å². The monoisotopic (exact) mass is 473 g/mol. The van der Waals surface area contributed by atoms with Crippen LogP contribution < -0.4 is 9.47 Å². The maximum atomic E-state index is 10.2. The van der Waals surface area contributed by atoms with E-state index < -0.39 is 6.10 Å². The summed E-state index contributed by atoms with van der Waals surface area (Å²) in [4.78, 5) is 0. The summed E-state index contributed by atoms with van der Waals surface area (Å²) < 4.78 is 13.0. The average Bonchev–Trinajstić information content (AvgIpc) is 3.28. The van der Waals surface area contributed by atoms with Gasteiger partial charge in [0.05, 0.1) is 31.6 Å². The minimum Gasteiger partial charge on any atom is -0.493 e. The van der Waals surface area contributed by atoms with Gasteiger partial charge in [-0.05, 0) is 35.4 Å². The lowest BCUT2D eigenvalue weighted by atomic mass is 9.78. The molecule has 0 radical (unpaired) electrons. The summed E-state index contributed by atoms with van der Waals surface area (Å²) in [7, 11) is 0. The molecule has 3 rings (SSSR count). The fourth-order valence-corrected chi connectivity index (χ4v) is 3.47. The van der Waals surface area contributed by atoms with Gasteiger partial charge in [0.2, 0.25) is 0 Å². The molecule has 0 saturated heterocycles. The molecule has 0 aliphatic heterocycles. The molecule has 0 aliphatic carbocycles. The number of nitrogens with zero attached hydrogens (tertiary/aromatic N) is 3. The predicted molar refractivity (Wildman–Crippen MR) is 128 cm³/mol. The van der Waals surface area contributed by atoms with Crippen molar-refractivity contribution in [3.8, 4) is 11.5 Å². The van der Waals surface area contributed by atoms with E-state index >= 15 is 0 Å². The van der Waals surface area contributed by atoms with Crippen LogP contribution in [0.5, 0.6) is 11.5 Å². The van der Waals surface area contributed by atoms with Crippen molar-refractivity contribution < 1.29 is 19.7 Å². The van der Waals surface area contributed by atoms with Crippen molar-refractivity contribution in [1.82, 2.24) is 15.0 Å². The fourth-order valence-electron chi connectivity index (χ4n) is 3.39. The second-order valence-electron chi connectivity index (χ2n) is 8.77. The van der Waals surface area contributed by atoms with E-state index in [9.17, 15) is 10.2 Å². The van der Waals surface area contributed by atoms with E-state index in [1.807, 2.05) is 36.4 Å². The van der Waals surface area contributed by atoms with Crippen LogP contribution in [-0.4, -0.2) is 50.4 Å². The van der Waals surface area contributed by atoms with E-state index in [4.69, 9.17) is 21.1 Å². The third-order valence-electron chi connectivity index (χ3n) is 5.64. The Balaban J connectivity index is 1.56. The number of ether oxygens (including phenoxy) is 2. The molecule has 7 nitrogen and oxygen atoms in total. The van der Waals surface area contributed by atoms with E-state index in [0.717, 1.165) is 11.3 Å². The van der Waals surface area contributed by atoms with Gasteiger partial charge in [0, 0.05) is 17.2 Å². The zero-order valence-electron chi connectivity index (χ0n) is 19.3. The Hall–Kier alpha value is -2.61. The first-order chi connectivity index (χ1) is 15.8. The van der Waals surface area contributed by atoms with E-state index in [-0.39, 0.29) is 25.2 Å². The highest BCUT2D eigenvalue weighted by atomic mass is 35.5. The molecule has 33 heavy (non-hydrogen) atoms. The molecular formula is C25H32ClN3O4. The number of hydrogen-bond donors (Lipinski definition) is 2. The highest BCUT2D eigenvalue weighted by Crippen LogP contribution is 2.33. The Labute approximate surface area is 199 Å². The molecule has 0 unspecified atom stereocenters. The summed E-state index contributed by atoms with van der Waals surface area (Å²) >= 11 is 5.84. The zero-order valence-corrected chi connectivity index (χ0v) is 20.1. The number of aliphatic hydroxyl groups excluding tert-OH is 2. The van der Waals surface area contributed by atoms with Gasteiger partial charge in [-0.25, -0.2) is 4.68 Å². The molecule has 0 fully saturated rings. The van der Waals surface area contributed by atoms with Gasteiger partial charge in [-0.15, -0.1) is 16.7 Å². The number of hydrogen-bond acceptors (Lipinski definition) is 6. The predicted octanol–water partition coefficient (Wildman–Crippen LogP) is 3.79. The highest BCUT2D eigenvalue weighted by molar-refractivity contribution is 6.18. The summed E-state index contributed by atoms with van der Waals surface area (Å²) in [5, 5.41) is 27.1. The van der Waals surface area contributed by atoms with Crippen LogP contribution in [0.2, 0.25) is 0 Å². The molecule has 2 N–H and O–H groups in total. The van der Waals surface area contributed by atoms with Crippen LogP contribution >= 0.6 is 11.6 Å². The summed E-state index contributed by atoms with van der Waals surface area (Å²) in [5.74, 6) is 2.40. The quantitative estimate of drug-likeness (QED) is 0.389. The lowest BCUT2D eigenvalue weighted by Gasteiger charge is -2.26. The summed E-state index contributed by atoms with van der Waals surface area (Å²) in [6.45, 7) is 7.14. The standard InChI is InChI=1S/C25H32ClN3O4/c1-18(12-26)16-32-23-8-4-19(5-9-23)25(2,3)20-6-10-24(11-7-20)33-17-22(31)14-29-21(15-30)13-27-28-29/h4-11,13,18,22,30-31H,12,14-17H2,1-3H3/t18-,22+/m1/s1. The van der Waals surface area contributed by atoms with Gasteiger partial charge in [-0.2, -0.15) is 0 Å². The Kier molecular flexibility index (Phi) is 8.72. The minimum absolute atomic E-state index is 0.108. The highest BCUT2D eigenvalue weighted by Gasteiger charge is 2.23. The van der Waals surface area contributed by atoms with E-state index in [1.165, 1.54) is 16.4 Å². The van der Waals surface area contributed by atoms with Crippen LogP contribution in [0.1, 0.15) is 37.6 Å². The molecule has 0 bridgehead atoms. The fraction of sp³-hybridized carbons (Fsp3) is 0.440. The SMILES string of the molecule is C[C@H](CCl)COc1ccc(C(C)(C)c2ccc(OC[C@@H](O)Cn3nncc3CO)cc2)cc1. The van der Waals surface area contributed by atoms with Gasteiger partial charge in [0.15, 0.2) is 0 Å². The average molecular weight is 474 g/mol. The van der Waals surface area contributed by atoms with Gasteiger partial charge in [0.1, 0.15) is 24.2 Å². The molecule has 0 aliphatic rings. The Morgan fingerprint density at radius 2 is 1.52 bits per heavy atom. The molecule has 8 heteroatoms. The largest absolute Gasteiger partial charge is 0.493 e. The van der Waals surface area contributed by atoms with Crippen LogP contribution in [0.4, 0.5) is 0 Å². The normalized spacial score (nSPS) is 13.5. The van der Waals surface area contributed by atoms with Crippen molar-refractivity contribution in [3.05, 3.63) is 71.5 Å². The first kappa shape index (κ1) is 25.0. The molecule has 1 aromatic heterocycles. The number of benzene rings is 2. The smallest absolute Gasteiger partial charge is 0.119 e. The molecule has 3 aromatic rings. The number of aliphatic hydroxyl groups is 2. The van der Waals surface area contributed by atoms with Crippen LogP contribution in [0.25, 0.3) is 0 Å². The van der Waals surface area contributed by atoms with Gasteiger partial charge in [-0.3, -0.25) is 0 Å². The summed E-state index contributed by atoms with van der Waals surface area (Å²) in [5.41, 5.74) is 2.67. The third-order valence-corrected chi connectivity index (χ3v) is 6.16. The van der Waals surface area contributed by atoms with Gasteiger partial charge in [-0.1, -0.05) is 50.3 Å². The van der Waals surface area contributed by atoms with E-state index in [1.54, 1.807) is 0 Å². The second-order valence-corrected chi connectivity index (χ2v) is 9.08. The number of halogens is 1. The van der Waals surface area contributed by atoms with Crippen molar-refractivity contribution in [2.24, 2.45) is 5.92 Å². The molecule has 2 atom stereocenters. The Morgan fingerprint density at radius 3 is 2.03 bits per heavy atom. The molecule has 178 valence electrons. The van der Waals surface area contributed by atoms with Crippen molar-refractivity contribution in [3.63, 3.8) is 0 Å². The van der Waals surface area contributed by atoms with E-state index in [2.05, 4.69) is 43.2 Å². The van der Waals surface area contributed by atoms with Crippen molar-refractivity contribution >= 4 is 11.6 Å². The topological polar surface area (TPSA) is 89.6 Å². The molecular weight excluding hydrogens is 442 g/mol. The Morgan fingerprint density at radius 1 is 0.970 bits per heavy atom. The van der Waals surface area contributed by atoms with Crippen LogP contribution in [0, 0.1) is 5.92 Å². The van der Waals surface area contributed by atoms with Crippen LogP contribution in [0.3, 0.4) is 0 Å². The first-order valence-electron chi connectivity index (χ1n) is 11.0. The second kappa shape index (κ2) is 11.5. The minimum atomic E-state index is -0.777. The van der Waals surface area contributed by atoms with E-state index in [0.29, 0.717) is 29.8 Å². The molecule has 0 spiro atoms. The lowest BCUT2D eigenvalue weighted by molar-refractivity contribution is 0.0866. The summed E-state index contributed by atoms with van der Waals surface area (Å²) in [6, 6.07) is 16.1. The molecule has 2 aromatic carbocycles. The van der Waals surface area contributed by atoms with Crippen LogP contribution in [0.15, 0.2) is 54.7 Å². The van der Waals surface area contributed by atoms with Gasteiger partial charge in [0.25, 0.3) is 0 Å².